The lowest BCUT2D eigenvalue weighted by Gasteiger charge is -2.38. The summed E-state index contributed by atoms with van der Waals surface area (Å²) in [5, 5.41) is 7.58. The van der Waals surface area contributed by atoms with Gasteiger partial charge in [0, 0.05) is 22.6 Å². The molecule has 3 aromatic rings. The summed E-state index contributed by atoms with van der Waals surface area (Å²) in [5.74, 6) is 1.66. The molecule has 0 saturated carbocycles. The van der Waals surface area contributed by atoms with E-state index < -0.39 is 0 Å². The predicted molar refractivity (Wildman–Crippen MR) is 100 cm³/mol. The van der Waals surface area contributed by atoms with E-state index in [1.807, 2.05) is 35.3 Å². The van der Waals surface area contributed by atoms with Crippen molar-refractivity contribution in [1.82, 2.24) is 5.01 Å². The van der Waals surface area contributed by atoms with Gasteiger partial charge in [-0.3, -0.25) is 0 Å². The van der Waals surface area contributed by atoms with E-state index in [1.54, 1.807) is 6.26 Å². The molecule has 0 radical (unpaired) electrons. The summed E-state index contributed by atoms with van der Waals surface area (Å²) in [6, 6.07) is 18.1. The number of hydrogen-bond donors (Lipinski definition) is 0. The van der Waals surface area contributed by atoms with E-state index in [9.17, 15) is 0 Å². The Balaban J connectivity index is 1.61. The lowest BCUT2D eigenvalue weighted by Crippen LogP contribution is -2.33. The van der Waals surface area contributed by atoms with Crippen molar-refractivity contribution in [3.05, 3.63) is 88.3 Å². The van der Waals surface area contributed by atoms with Crippen molar-refractivity contribution in [2.45, 2.75) is 25.6 Å². The molecule has 3 heterocycles. The zero-order chi connectivity index (χ0) is 17.7. The second kappa shape index (κ2) is 5.92. The van der Waals surface area contributed by atoms with Gasteiger partial charge in [-0.1, -0.05) is 41.4 Å². The van der Waals surface area contributed by atoms with Crippen molar-refractivity contribution >= 4 is 17.3 Å². The molecule has 2 aromatic carbocycles. The highest BCUT2D eigenvalue weighted by atomic mass is 35.5. The van der Waals surface area contributed by atoms with Crippen LogP contribution in [0.15, 0.2) is 70.4 Å². The number of furan rings is 1. The molecule has 2 aliphatic heterocycles. The van der Waals surface area contributed by atoms with Crippen LogP contribution in [-0.4, -0.2) is 10.7 Å². The molecule has 26 heavy (non-hydrogen) atoms. The summed E-state index contributed by atoms with van der Waals surface area (Å²) in [7, 11) is 0. The maximum absolute atomic E-state index is 6.32. The summed E-state index contributed by atoms with van der Waals surface area (Å²) in [5.41, 5.74) is 4.28. The molecule has 2 aliphatic rings. The average Bonchev–Trinajstić information content (AvgIpc) is 3.32. The number of aryl methyl sites for hydroxylation is 1. The minimum absolute atomic E-state index is 0.0730. The number of rotatable bonds is 2. The SMILES string of the molecule is Cc1ccc([C@@H]2Oc3ccc(Cl)cc3[C@H]3CC(c4ccco4)=NN32)cc1. The molecule has 0 saturated heterocycles. The van der Waals surface area contributed by atoms with Crippen LogP contribution >= 0.6 is 11.6 Å². The molecule has 0 amide bonds. The molecule has 0 spiro atoms. The Morgan fingerprint density at radius 2 is 1.96 bits per heavy atom. The molecule has 0 fully saturated rings. The van der Waals surface area contributed by atoms with Gasteiger partial charge in [0.25, 0.3) is 0 Å². The standard InChI is InChI=1S/C21H17ClN2O2/c1-13-4-6-14(7-5-13)21-24-18(12-17(23-24)20-3-2-10-25-20)16-11-15(22)8-9-19(16)26-21/h2-11,18,21H,12H2,1H3/t18-,21+/m1/s1. The fourth-order valence-electron chi connectivity index (χ4n) is 3.60. The van der Waals surface area contributed by atoms with Crippen LogP contribution in [0.3, 0.4) is 0 Å². The maximum atomic E-state index is 6.32. The van der Waals surface area contributed by atoms with Gasteiger partial charge in [-0.2, -0.15) is 5.10 Å². The van der Waals surface area contributed by atoms with Crippen molar-refractivity contribution in [2.24, 2.45) is 5.10 Å². The molecule has 5 heteroatoms. The number of nitrogens with zero attached hydrogens (tertiary/aromatic N) is 2. The fourth-order valence-corrected chi connectivity index (χ4v) is 3.78. The highest BCUT2D eigenvalue weighted by Gasteiger charge is 2.41. The highest BCUT2D eigenvalue weighted by Crippen LogP contribution is 2.48. The van der Waals surface area contributed by atoms with Crippen LogP contribution < -0.4 is 4.74 Å². The van der Waals surface area contributed by atoms with E-state index in [2.05, 4.69) is 31.2 Å². The molecule has 0 aliphatic carbocycles. The third kappa shape index (κ3) is 2.49. The topological polar surface area (TPSA) is 38.0 Å². The Kier molecular flexibility index (Phi) is 3.54. The fraction of sp³-hybridized carbons (Fsp3) is 0.190. The zero-order valence-electron chi connectivity index (χ0n) is 14.2. The van der Waals surface area contributed by atoms with Crippen LogP contribution in [0.4, 0.5) is 0 Å². The van der Waals surface area contributed by atoms with Crippen molar-refractivity contribution in [2.75, 3.05) is 0 Å². The normalized spacial score (nSPS) is 21.0. The smallest absolute Gasteiger partial charge is 0.213 e. The molecule has 1 aromatic heterocycles. The van der Waals surface area contributed by atoms with Gasteiger partial charge in [0.05, 0.1) is 12.3 Å². The monoisotopic (exact) mass is 364 g/mol. The van der Waals surface area contributed by atoms with E-state index in [4.69, 9.17) is 25.9 Å². The second-order valence-electron chi connectivity index (χ2n) is 6.69. The minimum Gasteiger partial charge on any atom is -0.464 e. The van der Waals surface area contributed by atoms with E-state index in [-0.39, 0.29) is 12.3 Å². The number of benzene rings is 2. The molecule has 0 unspecified atom stereocenters. The Bertz CT molecular complexity index is 980. The van der Waals surface area contributed by atoms with Gasteiger partial charge in [-0.05, 0) is 37.3 Å². The first-order valence-corrected chi connectivity index (χ1v) is 8.99. The first-order valence-electron chi connectivity index (χ1n) is 8.61. The van der Waals surface area contributed by atoms with Gasteiger partial charge in [0.2, 0.25) is 6.23 Å². The summed E-state index contributed by atoms with van der Waals surface area (Å²) in [6.45, 7) is 2.08. The van der Waals surface area contributed by atoms with Crippen molar-refractivity contribution in [3.8, 4) is 5.75 Å². The van der Waals surface area contributed by atoms with Crippen molar-refractivity contribution in [1.29, 1.82) is 0 Å². The lowest BCUT2D eigenvalue weighted by molar-refractivity contribution is -0.0190. The van der Waals surface area contributed by atoms with Crippen LogP contribution in [-0.2, 0) is 0 Å². The zero-order valence-corrected chi connectivity index (χ0v) is 15.0. The van der Waals surface area contributed by atoms with Crippen LogP contribution in [0.5, 0.6) is 5.75 Å². The van der Waals surface area contributed by atoms with Gasteiger partial charge in [-0.25, -0.2) is 5.01 Å². The number of halogens is 1. The Labute approximate surface area is 156 Å². The lowest BCUT2D eigenvalue weighted by atomic mass is 9.97. The van der Waals surface area contributed by atoms with Gasteiger partial charge < -0.3 is 9.15 Å². The van der Waals surface area contributed by atoms with Gasteiger partial charge in [0.1, 0.15) is 17.2 Å². The van der Waals surface area contributed by atoms with E-state index >= 15 is 0 Å². The van der Waals surface area contributed by atoms with Crippen LogP contribution in [0.1, 0.15) is 41.1 Å². The molecule has 2 atom stereocenters. The van der Waals surface area contributed by atoms with Crippen LogP contribution in [0.2, 0.25) is 5.02 Å². The first-order chi connectivity index (χ1) is 12.7. The molecule has 5 rings (SSSR count). The predicted octanol–water partition coefficient (Wildman–Crippen LogP) is 5.48. The van der Waals surface area contributed by atoms with Gasteiger partial charge in [-0.15, -0.1) is 0 Å². The third-order valence-corrected chi connectivity index (χ3v) is 5.16. The third-order valence-electron chi connectivity index (χ3n) is 4.92. The van der Waals surface area contributed by atoms with Gasteiger partial charge in [0.15, 0.2) is 0 Å². The Morgan fingerprint density at radius 3 is 2.73 bits per heavy atom. The number of hydrogen-bond acceptors (Lipinski definition) is 4. The minimum atomic E-state index is -0.276. The maximum Gasteiger partial charge on any atom is 0.213 e. The molecule has 0 bridgehead atoms. The van der Waals surface area contributed by atoms with Gasteiger partial charge >= 0.3 is 0 Å². The Morgan fingerprint density at radius 1 is 1.12 bits per heavy atom. The number of ether oxygens (including phenoxy) is 1. The molecular formula is C21H17ClN2O2. The van der Waals surface area contributed by atoms with E-state index in [0.717, 1.165) is 34.8 Å². The largest absolute Gasteiger partial charge is 0.464 e. The van der Waals surface area contributed by atoms with E-state index in [1.165, 1.54) is 5.56 Å². The summed E-state index contributed by atoms with van der Waals surface area (Å²) in [6.07, 6.45) is 2.15. The summed E-state index contributed by atoms with van der Waals surface area (Å²) < 4.78 is 11.9. The Hall–Kier alpha value is -2.72. The molecule has 130 valence electrons. The first kappa shape index (κ1) is 15.5. The second-order valence-corrected chi connectivity index (χ2v) is 7.12. The van der Waals surface area contributed by atoms with Crippen molar-refractivity contribution < 1.29 is 9.15 Å². The van der Waals surface area contributed by atoms with Crippen LogP contribution in [0.25, 0.3) is 0 Å². The number of hydrazone groups is 1. The van der Waals surface area contributed by atoms with Crippen LogP contribution in [0, 0.1) is 6.92 Å². The average molecular weight is 365 g/mol. The van der Waals surface area contributed by atoms with E-state index in [0.29, 0.717) is 5.02 Å². The molecular weight excluding hydrogens is 348 g/mol. The van der Waals surface area contributed by atoms with Crippen molar-refractivity contribution in [3.63, 3.8) is 0 Å². The molecule has 0 N–H and O–H groups in total. The number of fused-ring (bicyclic) bond motifs is 3. The quantitative estimate of drug-likeness (QED) is 0.604. The molecule has 4 nitrogen and oxygen atoms in total. The summed E-state index contributed by atoms with van der Waals surface area (Å²) >= 11 is 6.24. The highest BCUT2D eigenvalue weighted by molar-refractivity contribution is 6.30. The summed E-state index contributed by atoms with van der Waals surface area (Å²) in [4.78, 5) is 0.